The standard InChI is InChI=1S/C10H9ClN2S/c1-6-2-3-7(8(11)4-6)9-5-13-10(12)14-9/h2-5H,1H3,(H2,12,13). The van der Waals surface area contributed by atoms with Gasteiger partial charge in [0.15, 0.2) is 5.13 Å². The molecule has 0 unspecified atom stereocenters. The highest BCUT2D eigenvalue weighted by atomic mass is 35.5. The second-order valence-electron chi connectivity index (χ2n) is 3.05. The van der Waals surface area contributed by atoms with Gasteiger partial charge in [-0.3, -0.25) is 0 Å². The molecule has 1 aromatic carbocycles. The van der Waals surface area contributed by atoms with Gasteiger partial charge in [0.2, 0.25) is 0 Å². The van der Waals surface area contributed by atoms with Crippen LogP contribution in [0, 0.1) is 6.92 Å². The van der Waals surface area contributed by atoms with Crippen molar-refractivity contribution < 1.29 is 0 Å². The Kier molecular flexibility index (Phi) is 2.44. The molecule has 2 aromatic rings. The Hall–Kier alpha value is -1.06. The Morgan fingerprint density at radius 1 is 1.43 bits per heavy atom. The maximum Gasteiger partial charge on any atom is 0.180 e. The van der Waals surface area contributed by atoms with Gasteiger partial charge in [-0.25, -0.2) is 4.98 Å². The average Bonchev–Trinajstić information content (AvgIpc) is 2.51. The lowest BCUT2D eigenvalue weighted by Crippen LogP contribution is -1.77. The van der Waals surface area contributed by atoms with E-state index in [2.05, 4.69) is 4.98 Å². The number of rotatable bonds is 1. The summed E-state index contributed by atoms with van der Waals surface area (Å²) in [6, 6.07) is 5.95. The molecule has 0 aliphatic carbocycles. The first kappa shape index (κ1) is 9.49. The minimum Gasteiger partial charge on any atom is -0.375 e. The quantitative estimate of drug-likeness (QED) is 0.807. The molecular formula is C10H9ClN2S. The number of thiazole rings is 1. The smallest absolute Gasteiger partial charge is 0.180 e. The van der Waals surface area contributed by atoms with Gasteiger partial charge in [0.05, 0.1) is 4.88 Å². The van der Waals surface area contributed by atoms with Crippen molar-refractivity contribution >= 4 is 28.1 Å². The molecule has 2 rings (SSSR count). The van der Waals surface area contributed by atoms with E-state index >= 15 is 0 Å². The molecule has 0 saturated carbocycles. The summed E-state index contributed by atoms with van der Waals surface area (Å²) in [5.41, 5.74) is 7.70. The van der Waals surface area contributed by atoms with Crippen molar-refractivity contribution in [2.24, 2.45) is 0 Å². The van der Waals surface area contributed by atoms with Crippen molar-refractivity contribution in [3.63, 3.8) is 0 Å². The number of aryl methyl sites for hydroxylation is 1. The fraction of sp³-hybridized carbons (Fsp3) is 0.100. The summed E-state index contributed by atoms with van der Waals surface area (Å²) >= 11 is 7.55. The van der Waals surface area contributed by atoms with Crippen molar-refractivity contribution in [3.8, 4) is 10.4 Å². The van der Waals surface area contributed by atoms with Crippen LogP contribution in [-0.2, 0) is 0 Å². The molecule has 4 heteroatoms. The van der Waals surface area contributed by atoms with E-state index in [1.54, 1.807) is 6.20 Å². The molecular weight excluding hydrogens is 216 g/mol. The Morgan fingerprint density at radius 2 is 2.21 bits per heavy atom. The number of nitrogen functional groups attached to an aromatic ring is 1. The van der Waals surface area contributed by atoms with Crippen LogP contribution in [0.2, 0.25) is 5.02 Å². The molecule has 2 nitrogen and oxygen atoms in total. The van der Waals surface area contributed by atoms with Gasteiger partial charge < -0.3 is 5.73 Å². The molecule has 0 fully saturated rings. The third-order valence-electron chi connectivity index (χ3n) is 1.91. The van der Waals surface area contributed by atoms with Gasteiger partial charge in [-0.2, -0.15) is 0 Å². The highest BCUT2D eigenvalue weighted by Crippen LogP contribution is 2.33. The predicted molar refractivity (Wildman–Crippen MR) is 61.7 cm³/mol. The van der Waals surface area contributed by atoms with Gasteiger partial charge in [-0.1, -0.05) is 35.1 Å². The van der Waals surface area contributed by atoms with Gasteiger partial charge in [0.1, 0.15) is 0 Å². The Balaban J connectivity index is 2.52. The lowest BCUT2D eigenvalue weighted by atomic mass is 10.1. The average molecular weight is 225 g/mol. The van der Waals surface area contributed by atoms with E-state index in [9.17, 15) is 0 Å². The lowest BCUT2D eigenvalue weighted by Gasteiger charge is -2.01. The van der Waals surface area contributed by atoms with E-state index in [-0.39, 0.29) is 0 Å². The maximum absolute atomic E-state index is 6.11. The Bertz CT molecular complexity index is 465. The van der Waals surface area contributed by atoms with E-state index in [0.29, 0.717) is 5.13 Å². The molecule has 0 bridgehead atoms. The molecule has 1 heterocycles. The van der Waals surface area contributed by atoms with Crippen LogP contribution in [0.5, 0.6) is 0 Å². The summed E-state index contributed by atoms with van der Waals surface area (Å²) in [6.45, 7) is 2.01. The van der Waals surface area contributed by atoms with Gasteiger partial charge in [0.25, 0.3) is 0 Å². The molecule has 0 atom stereocenters. The minimum atomic E-state index is 0.566. The van der Waals surface area contributed by atoms with Gasteiger partial charge in [-0.05, 0) is 18.6 Å². The van der Waals surface area contributed by atoms with Crippen LogP contribution < -0.4 is 5.73 Å². The van der Waals surface area contributed by atoms with Crippen molar-refractivity contribution in [3.05, 3.63) is 35.0 Å². The van der Waals surface area contributed by atoms with Crippen LogP contribution in [0.4, 0.5) is 5.13 Å². The highest BCUT2D eigenvalue weighted by Gasteiger charge is 2.06. The van der Waals surface area contributed by atoms with Gasteiger partial charge in [-0.15, -0.1) is 0 Å². The number of nitrogens with two attached hydrogens (primary N) is 1. The fourth-order valence-electron chi connectivity index (χ4n) is 1.23. The molecule has 0 spiro atoms. The van der Waals surface area contributed by atoms with Gasteiger partial charge in [0, 0.05) is 16.8 Å². The second kappa shape index (κ2) is 3.59. The van der Waals surface area contributed by atoms with Gasteiger partial charge >= 0.3 is 0 Å². The lowest BCUT2D eigenvalue weighted by molar-refractivity contribution is 1.42. The normalized spacial score (nSPS) is 10.4. The van der Waals surface area contributed by atoms with E-state index in [0.717, 1.165) is 21.0 Å². The molecule has 1 aromatic heterocycles. The first-order valence-corrected chi connectivity index (χ1v) is 5.34. The fourth-order valence-corrected chi connectivity index (χ4v) is 2.35. The molecule has 0 aliphatic rings. The summed E-state index contributed by atoms with van der Waals surface area (Å²) in [7, 11) is 0. The third kappa shape index (κ3) is 1.74. The SMILES string of the molecule is Cc1ccc(-c2cnc(N)s2)c(Cl)c1. The number of aromatic nitrogens is 1. The van der Waals surface area contributed by atoms with E-state index in [1.165, 1.54) is 11.3 Å². The summed E-state index contributed by atoms with van der Waals surface area (Å²) in [4.78, 5) is 5.00. The Labute approximate surface area is 91.4 Å². The van der Waals surface area contributed by atoms with Crippen LogP contribution in [0.25, 0.3) is 10.4 Å². The van der Waals surface area contributed by atoms with Crippen LogP contribution in [-0.4, -0.2) is 4.98 Å². The number of anilines is 1. The number of nitrogens with zero attached hydrogens (tertiary/aromatic N) is 1. The van der Waals surface area contributed by atoms with Crippen molar-refractivity contribution in [2.45, 2.75) is 6.92 Å². The summed E-state index contributed by atoms with van der Waals surface area (Å²) in [6.07, 6.45) is 1.75. The zero-order valence-corrected chi connectivity index (χ0v) is 9.19. The Morgan fingerprint density at radius 3 is 2.79 bits per heavy atom. The summed E-state index contributed by atoms with van der Waals surface area (Å²) < 4.78 is 0. The van der Waals surface area contributed by atoms with Crippen LogP contribution >= 0.6 is 22.9 Å². The summed E-state index contributed by atoms with van der Waals surface area (Å²) in [5, 5.41) is 1.31. The number of hydrogen-bond donors (Lipinski definition) is 1. The maximum atomic E-state index is 6.11. The highest BCUT2D eigenvalue weighted by molar-refractivity contribution is 7.18. The molecule has 0 amide bonds. The number of hydrogen-bond acceptors (Lipinski definition) is 3. The molecule has 2 N–H and O–H groups in total. The predicted octanol–water partition coefficient (Wildman–Crippen LogP) is 3.35. The van der Waals surface area contributed by atoms with Crippen molar-refractivity contribution in [2.75, 3.05) is 5.73 Å². The zero-order chi connectivity index (χ0) is 10.1. The molecule has 14 heavy (non-hydrogen) atoms. The van der Waals surface area contributed by atoms with Crippen molar-refractivity contribution in [1.29, 1.82) is 0 Å². The first-order chi connectivity index (χ1) is 6.66. The second-order valence-corrected chi connectivity index (χ2v) is 4.52. The van der Waals surface area contributed by atoms with Crippen LogP contribution in [0.3, 0.4) is 0 Å². The summed E-state index contributed by atoms with van der Waals surface area (Å²) in [5.74, 6) is 0. The largest absolute Gasteiger partial charge is 0.375 e. The van der Waals surface area contributed by atoms with E-state index in [4.69, 9.17) is 17.3 Å². The van der Waals surface area contributed by atoms with Crippen LogP contribution in [0.1, 0.15) is 5.56 Å². The minimum absolute atomic E-state index is 0.566. The molecule has 0 saturated heterocycles. The first-order valence-electron chi connectivity index (χ1n) is 4.14. The number of halogens is 1. The van der Waals surface area contributed by atoms with Crippen molar-refractivity contribution in [1.82, 2.24) is 4.98 Å². The number of benzene rings is 1. The monoisotopic (exact) mass is 224 g/mol. The van der Waals surface area contributed by atoms with E-state index in [1.807, 2.05) is 25.1 Å². The topological polar surface area (TPSA) is 38.9 Å². The van der Waals surface area contributed by atoms with E-state index < -0.39 is 0 Å². The zero-order valence-electron chi connectivity index (χ0n) is 7.62. The molecule has 0 radical (unpaired) electrons. The van der Waals surface area contributed by atoms with Crippen LogP contribution in [0.15, 0.2) is 24.4 Å². The molecule has 0 aliphatic heterocycles. The molecule has 72 valence electrons. The third-order valence-corrected chi connectivity index (χ3v) is 3.09.